The van der Waals surface area contributed by atoms with Gasteiger partial charge >= 0.3 is 0 Å². The maximum Gasteiger partial charge on any atom is 0.182 e. The molecule has 0 atom stereocenters. The summed E-state index contributed by atoms with van der Waals surface area (Å²) in [5.74, 6) is 2.66. The minimum atomic E-state index is 0.478. The van der Waals surface area contributed by atoms with Crippen molar-refractivity contribution in [2.45, 2.75) is 33.4 Å². The van der Waals surface area contributed by atoms with E-state index in [1.54, 1.807) is 0 Å². The highest BCUT2D eigenvalue weighted by Crippen LogP contribution is 2.34. The van der Waals surface area contributed by atoms with Crippen LogP contribution in [0.5, 0.6) is 5.75 Å². The van der Waals surface area contributed by atoms with Gasteiger partial charge in [-0.05, 0) is 70.4 Å². The monoisotopic (exact) mass is 503 g/mol. The van der Waals surface area contributed by atoms with E-state index < -0.39 is 0 Å². The predicted molar refractivity (Wildman–Crippen MR) is 150 cm³/mol. The van der Waals surface area contributed by atoms with Crippen LogP contribution in [0.25, 0.3) is 11.6 Å². The van der Waals surface area contributed by atoms with Crippen LogP contribution in [-0.4, -0.2) is 53.8 Å². The van der Waals surface area contributed by atoms with E-state index in [0.717, 1.165) is 62.6 Å². The molecule has 2 N–H and O–H groups in total. The minimum absolute atomic E-state index is 0.478. The molecule has 0 saturated heterocycles. The summed E-state index contributed by atoms with van der Waals surface area (Å²) in [7, 11) is 4.05. The largest absolute Gasteiger partial charge is 0.491 e. The quantitative estimate of drug-likeness (QED) is 0.345. The van der Waals surface area contributed by atoms with E-state index in [9.17, 15) is 0 Å². The number of aryl methyl sites for hydroxylation is 1. The summed E-state index contributed by atoms with van der Waals surface area (Å²) in [5.41, 5.74) is 12.0. The fourth-order valence-electron chi connectivity index (χ4n) is 4.29. The van der Waals surface area contributed by atoms with Crippen molar-refractivity contribution in [3.8, 4) is 5.75 Å². The first-order chi connectivity index (χ1) is 17.3. The molecule has 0 spiro atoms. The fraction of sp³-hybridized carbons (Fsp3) is 0.333. The van der Waals surface area contributed by atoms with Gasteiger partial charge < -0.3 is 20.3 Å². The molecule has 0 aliphatic carbocycles. The topological polar surface area (TPSA) is 92.8 Å². The van der Waals surface area contributed by atoms with Crippen molar-refractivity contribution in [3.05, 3.63) is 64.8 Å². The maximum absolute atomic E-state index is 6.13. The van der Waals surface area contributed by atoms with Crippen LogP contribution in [-0.2, 0) is 19.5 Å². The number of aliphatic imine (C=N–C) groups is 1. The van der Waals surface area contributed by atoms with E-state index in [-0.39, 0.29) is 0 Å². The lowest BCUT2D eigenvalue weighted by Gasteiger charge is -2.25. The first kappa shape index (κ1) is 25.5. The van der Waals surface area contributed by atoms with Crippen LogP contribution in [0.1, 0.15) is 40.8 Å². The summed E-state index contributed by atoms with van der Waals surface area (Å²) in [6, 6.07) is 6.29. The molecule has 8 nitrogen and oxygen atoms in total. The second kappa shape index (κ2) is 11.0. The van der Waals surface area contributed by atoms with Crippen LogP contribution < -0.4 is 15.4 Å². The SMILES string of the molecule is C=CCc1c(C)nc(CN(C)C)nc1N1CCOc2ccc(C(C)=Cc3nc(N)sc3N=C)cc2C1. The standard InChI is InChI=1S/C27H33N7OS/c1-7-8-21-18(3)30-24(16-33(5)6)32-25(21)34-11-12-35-23-10-9-19(14-20(23)15-34)17(2)13-22-26(29-4)36-27(28)31-22/h7,9-10,13-14H,1,4,8,11-12,15-16H2,2-3,5-6H3,(H2,28,31). The lowest BCUT2D eigenvalue weighted by molar-refractivity contribution is 0.331. The molecule has 0 amide bonds. The third-order valence-electron chi connectivity index (χ3n) is 5.99. The van der Waals surface area contributed by atoms with Crippen molar-refractivity contribution in [1.29, 1.82) is 0 Å². The Hall–Kier alpha value is -3.56. The number of nitrogens with two attached hydrogens (primary N) is 1. The average molecular weight is 504 g/mol. The predicted octanol–water partition coefficient (Wildman–Crippen LogP) is 4.91. The Morgan fingerprint density at radius 3 is 2.83 bits per heavy atom. The number of anilines is 2. The molecule has 3 aromatic rings. The third kappa shape index (κ3) is 5.63. The van der Waals surface area contributed by atoms with Crippen molar-refractivity contribution in [3.63, 3.8) is 0 Å². The molecule has 188 valence electrons. The van der Waals surface area contributed by atoms with Gasteiger partial charge in [0.2, 0.25) is 0 Å². The number of nitrogens with zero attached hydrogens (tertiary/aromatic N) is 6. The fourth-order valence-corrected chi connectivity index (χ4v) is 4.91. The molecule has 1 aliphatic rings. The van der Waals surface area contributed by atoms with Crippen LogP contribution in [0.2, 0.25) is 0 Å². The second-order valence-corrected chi connectivity index (χ2v) is 10.1. The number of hydrogen-bond acceptors (Lipinski definition) is 9. The number of fused-ring (bicyclic) bond motifs is 1. The van der Waals surface area contributed by atoms with E-state index in [1.165, 1.54) is 11.3 Å². The van der Waals surface area contributed by atoms with Crippen LogP contribution in [0, 0.1) is 6.92 Å². The Labute approximate surface area is 216 Å². The van der Waals surface area contributed by atoms with E-state index in [2.05, 4.69) is 59.1 Å². The van der Waals surface area contributed by atoms with Gasteiger partial charge in [0, 0.05) is 23.4 Å². The van der Waals surface area contributed by atoms with Crippen LogP contribution in [0.15, 0.2) is 35.8 Å². The number of allylic oxidation sites excluding steroid dienone is 2. The number of nitrogen functional groups attached to an aromatic ring is 1. The molecule has 36 heavy (non-hydrogen) atoms. The van der Waals surface area contributed by atoms with Gasteiger partial charge in [0.25, 0.3) is 0 Å². The molecule has 9 heteroatoms. The number of thiazole rings is 1. The molecule has 0 unspecified atom stereocenters. The Morgan fingerprint density at radius 2 is 2.11 bits per heavy atom. The first-order valence-electron chi connectivity index (χ1n) is 11.8. The average Bonchev–Trinajstić information content (AvgIpc) is 3.05. The van der Waals surface area contributed by atoms with Gasteiger partial charge in [-0.2, -0.15) is 0 Å². The lowest BCUT2D eigenvalue weighted by atomic mass is 10.0. The molecule has 2 aromatic heterocycles. The van der Waals surface area contributed by atoms with Gasteiger partial charge in [0.05, 0.1) is 13.1 Å². The van der Waals surface area contributed by atoms with Crippen molar-refractivity contribution in [2.75, 3.05) is 37.9 Å². The summed E-state index contributed by atoms with van der Waals surface area (Å²) in [6.07, 6.45) is 4.62. The summed E-state index contributed by atoms with van der Waals surface area (Å²) >= 11 is 1.33. The molecular formula is C27H33N7OS. The summed E-state index contributed by atoms with van der Waals surface area (Å²) in [5, 5.41) is 1.20. The van der Waals surface area contributed by atoms with Crippen molar-refractivity contribution >= 4 is 45.7 Å². The van der Waals surface area contributed by atoms with Crippen molar-refractivity contribution in [2.24, 2.45) is 4.99 Å². The highest BCUT2D eigenvalue weighted by Gasteiger charge is 2.22. The molecule has 0 saturated carbocycles. The minimum Gasteiger partial charge on any atom is -0.491 e. The summed E-state index contributed by atoms with van der Waals surface area (Å²) in [4.78, 5) is 22.6. The number of ether oxygens (including phenoxy) is 1. The highest BCUT2D eigenvalue weighted by molar-refractivity contribution is 7.19. The van der Waals surface area contributed by atoms with Crippen LogP contribution in [0.3, 0.4) is 0 Å². The van der Waals surface area contributed by atoms with E-state index >= 15 is 0 Å². The van der Waals surface area contributed by atoms with Gasteiger partial charge in [-0.1, -0.05) is 23.5 Å². The molecule has 0 bridgehead atoms. The second-order valence-electron chi connectivity index (χ2n) is 9.08. The third-order valence-corrected chi connectivity index (χ3v) is 6.82. The number of benzene rings is 1. The van der Waals surface area contributed by atoms with Crippen molar-refractivity contribution < 1.29 is 4.74 Å². The van der Waals surface area contributed by atoms with Crippen LogP contribution >= 0.6 is 11.3 Å². The Bertz CT molecular complexity index is 1310. The van der Waals surface area contributed by atoms with Gasteiger partial charge in [-0.15, -0.1) is 6.58 Å². The Balaban J connectivity index is 1.70. The zero-order valence-corrected chi connectivity index (χ0v) is 22.2. The normalized spacial score (nSPS) is 13.8. The Morgan fingerprint density at radius 1 is 1.31 bits per heavy atom. The maximum atomic E-state index is 6.13. The summed E-state index contributed by atoms with van der Waals surface area (Å²) < 4.78 is 6.13. The van der Waals surface area contributed by atoms with Crippen LogP contribution in [0.4, 0.5) is 16.0 Å². The number of rotatable bonds is 8. The molecule has 0 fully saturated rings. The van der Waals surface area contributed by atoms with Gasteiger partial charge in [0.1, 0.15) is 34.7 Å². The van der Waals surface area contributed by atoms with E-state index in [4.69, 9.17) is 20.4 Å². The zero-order valence-electron chi connectivity index (χ0n) is 21.4. The first-order valence-corrected chi connectivity index (χ1v) is 12.6. The molecule has 1 aromatic carbocycles. The Kier molecular flexibility index (Phi) is 7.81. The molecule has 1 aliphatic heterocycles. The summed E-state index contributed by atoms with van der Waals surface area (Å²) in [6.45, 7) is 14.4. The molecular weight excluding hydrogens is 470 g/mol. The van der Waals surface area contributed by atoms with E-state index in [0.29, 0.717) is 31.2 Å². The van der Waals surface area contributed by atoms with Gasteiger partial charge in [-0.25, -0.2) is 15.0 Å². The lowest BCUT2D eigenvalue weighted by Crippen LogP contribution is -2.29. The highest BCUT2D eigenvalue weighted by atomic mass is 32.1. The van der Waals surface area contributed by atoms with Gasteiger partial charge in [-0.3, -0.25) is 4.99 Å². The number of aromatic nitrogens is 3. The van der Waals surface area contributed by atoms with E-state index in [1.807, 2.05) is 32.3 Å². The van der Waals surface area contributed by atoms with Crippen molar-refractivity contribution in [1.82, 2.24) is 19.9 Å². The molecule has 0 radical (unpaired) electrons. The van der Waals surface area contributed by atoms with Gasteiger partial charge in [0.15, 0.2) is 5.13 Å². The smallest absolute Gasteiger partial charge is 0.182 e. The molecule has 4 rings (SSSR count). The number of hydrogen-bond donors (Lipinski definition) is 1. The molecule has 3 heterocycles. The zero-order chi connectivity index (χ0) is 25.8.